The third-order valence-corrected chi connectivity index (χ3v) is 4.53. The minimum absolute atomic E-state index is 0.143. The first-order valence-corrected chi connectivity index (χ1v) is 10.5. The number of methoxy groups -OCH3 is 2. The summed E-state index contributed by atoms with van der Waals surface area (Å²) < 4.78 is 9.27. The van der Waals surface area contributed by atoms with Crippen molar-refractivity contribution in [1.82, 2.24) is 10.2 Å². The van der Waals surface area contributed by atoms with Crippen molar-refractivity contribution in [3.63, 3.8) is 0 Å². The summed E-state index contributed by atoms with van der Waals surface area (Å²) in [4.78, 5) is 50.0. The third-order valence-electron chi connectivity index (χ3n) is 4.53. The summed E-state index contributed by atoms with van der Waals surface area (Å²) in [6.07, 6.45) is 3.59. The van der Waals surface area contributed by atoms with E-state index in [2.05, 4.69) is 14.8 Å². The number of amides is 2. The molecule has 0 aliphatic rings. The number of esters is 2. The van der Waals surface area contributed by atoms with E-state index in [-0.39, 0.29) is 55.5 Å². The molecule has 0 aromatic heterocycles. The Hall–Kier alpha value is -2.12. The summed E-state index contributed by atoms with van der Waals surface area (Å²) in [6.45, 7) is 6.89. The summed E-state index contributed by atoms with van der Waals surface area (Å²) in [5.41, 5.74) is 0. The van der Waals surface area contributed by atoms with Crippen molar-refractivity contribution in [2.75, 3.05) is 27.3 Å². The van der Waals surface area contributed by atoms with Crippen LogP contribution in [0.2, 0.25) is 0 Å². The maximum Gasteiger partial charge on any atom is 0.305 e. The van der Waals surface area contributed by atoms with Gasteiger partial charge in [-0.1, -0.05) is 27.2 Å². The Morgan fingerprint density at radius 2 is 1.48 bits per heavy atom. The van der Waals surface area contributed by atoms with Crippen LogP contribution in [0.4, 0.5) is 0 Å². The van der Waals surface area contributed by atoms with E-state index >= 15 is 0 Å². The van der Waals surface area contributed by atoms with Crippen LogP contribution >= 0.6 is 0 Å². The molecule has 0 aliphatic heterocycles. The number of nitrogens with one attached hydrogen (secondary N) is 1. The Kier molecular flexibility index (Phi) is 14.6. The highest BCUT2D eigenvalue weighted by molar-refractivity contribution is 5.88. The molecule has 2 amide bonds. The largest absolute Gasteiger partial charge is 0.469 e. The molecule has 0 rings (SSSR count). The molecule has 0 saturated carbocycles. The number of hydrogen-bond acceptors (Lipinski definition) is 6. The van der Waals surface area contributed by atoms with Crippen LogP contribution in [0.15, 0.2) is 0 Å². The van der Waals surface area contributed by atoms with Gasteiger partial charge in [-0.3, -0.25) is 19.2 Å². The van der Waals surface area contributed by atoms with Gasteiger partial charge < -0.3 is 19.7 Å². The van der Waals surface area contributed by atoms with E-state index in [4.69, 9.17) is 0 Å². The molecule has 0 aliphatic carbocycles. The standard InChI is InChI=1S/C21H38N2O6/c1-6-7-13-22-21(27)17(15-16(2)3)23(14-9-12-20(26)29-5)18(24)10-8-11-19(25)28-4/h16-17H,6-15H2,1-5H3,(H,22,27). The Bertz CT molecular complexity index is 521. The first kappa shape index (κ1) is 26.9. The van der Waals surface area contributed by atoms with E-state index in [9.17, 15) is 19.2 Å². The second kappa shape index (κ2) is 15.8. The number of ether oxygens (including phenoxy) is 2. The predicted molar refractivity (Wildman–Crippen MR) is 110 cm³/mol. The smallest absolute Gasteiger partial charge is 0.305 e. The van der Waals surface area contributed by atoms with Crippen molar-refractivity contribution >= 4 is 23.8 Å². The monoisotopic (exact) mass is 414 g/mol. The van der Waals surface area contributed by atoms with E-state index in [0.717, 1.165) is 12.8 Å². The van der Waals surface area contributed by atoms with Gasteiger partial charge in [0.25, 0.3) is 0 Å². The normalized spacial score (nSPS) is 11.7. The van der Waals surface area contributed by atoms with Crippen LogP contribution in [0.1, 0.15) is 72.1 Å². The molecule has 0 aromatic rings. The fourth-order valence-electron chi connectivity index (χ4n) is 2.91. The molecule has 0 bridgehead atoms. The highest BCUT2D eigenvalue weighted by Crippen LogP contribution is 2.16. The van der Waals surface area contributed by atoms with E-state index in [1.165, 1.54) is 14.2 Å². The maximum absolute atomic E-state index is 12.9. The Morgan fingerprint density at radius 3 is 2.00 bits per heavy atom. The minimum Gasteiger partial charge on any atom is -0.469 e. The number of nitrogens with zero attached hydrogens (tertiary/aromatic N) is 1. The second-order valence-electron chi connectivity index (χ2n) is 7.49. The van der Waals surface area contributed by atoms with Crippen LogP contribution in [-0.4, -0.2) is 62.0 Å². The molecule has 0 fully saturated rings. The van der Waals surface area contributed by atoms with Crippen LogP contribution in [-0.2, 0) is 28.7 Å². The van der Waals surface area contributed by atoms with Gasteiger partial charge in [-0.2, -0.15) is 0 Å². The molecular formula is C21H38N2O6. The van der Waals surface area contributed by atoms with Gasteiger partial charge in [0.15, 0.2) is 0 Å². The summed E-state index contributed by atoms with van der Waals surface area (Å²) in [5.74, 6) is -0.883. The van der Waals surface area contributed by atoms with E-state index in [1.807, 2.05) is 20.8 Å². The fraction of sp³-hybridized carbons (Fsp3) is 0.810. The van der Waals surface area contributed by atoms with Crippen molar-refractivity contribution in [1.29, 1.82) is 0 Å². The Balaban J connectivity index is 5.24. The van der Waals surface area contributed by atoms with Crippen molar-refractivity contribution in [2.24, 2.45) is 5.92 Å². The van der Waals surface area contributed by atoms with Crippen LogP contribution in [0.25, 0.3) is 0 Å². The van der Waals surface area contributed by atoms with Crippen LogP contribution in [0, 0.1) is 5.92 Å². The average molecular weight is 415 g/mol. The molecule has 0 heterocycles. The molecular weight excluding hydrogens is 376 g/mol. The van der Waals surface area contributed by atoms with E-state index < -0.39 is 6.04 Å². The molecule has 0 saturated heterocycles. The van der Waals surface area contributed by atoms with Gasteiger partial charge in [-0.15, -0.1) is 0 Å². The first-order valence-electron chi connectivity index (χ1n) is 10.5. The van der Waals surface area contributed by atoms with Gasteiger partial charge >= 0.3 is 11.9 Å². The molecule has 8 nitrogen and oxygen atoms in total. The number of rotatable bonds is 15. The second-order valence-corrected chi connectivity index (χ2v) is 7.49. The predicted octanol–water partition coefficient (Wildman–Crippen LogP) is 2.44. The zero-order valence-corrected chi connectivity index (χ0v) is 18.6. The summed E-state index contributed by atoms with van der Waals surface area (Å²) >= 11 is 0. The average Bonchev–Trinajstić information content (AvgIpc) is 2.69. The van der Waals surface area contributed by atoms with Gasteiger partial charge in [0.1, 0.15) is 6.04 Å². The summed E-state index contributed by atoms with van der Waals surface area (Å²) in [5, 5.41) is 2.92. The minimum atomic E-state index is -0.602. The highest BCUT2D eigenvalue weighted by Gasteiger charge is 2.30. The Morgan fingerprint density at radius 1 is 0.897 bits per heavy atom. The van der Waals surface area contributed by atoms with Crippen LogP contribution in [0.3, 0.4) is 0 Å². The van der Waals surface area contributed by atoms with Gasteiger partial charge in [0.05, 0.1) is 14.2 Å². The van der Waals surface area contributed by atoms with Gasteiger partial charge in [-0.25, -0.2) is 0 Å². The topological polar surface area (TPSA) is 102 Å². The zero-order chi connectivity index (χ0) is 22.2. The molecule has 1 unspecified atom stereocenters. The third kappa shape index (κ3) is 12.1. The fourth-order valence-corrected chi connectivity index (χ4v) is 2.91. The van der Waals surface area contributed by atoms with E-state index in [1.54, 1.807) is 4.90 Å². The van der Waals surface area contributed by atoms with Crippen LogP contribution in [0.5, 0.6) is 0 Å². The lowest BCUT2D eigenvalue weighted by atomic mass is 10.00. The van der Waals surface area contributed by atoms with Crippen molar-refractivity contribution in [2.45, 2.75) is 78.2 Å². The molecule has 8 heteroatoms. The van der Waals surface area contributed by atoms with E-state index in [0.29, 0.717) is 25.8 Å². The lowest BCUT2D eigenvalue weighted by Crippen LogP contribution is -2.50. The van der Waals surface area contributed by atoms with Gasteiger partial charge in [0.2, 0.25) is 11.8 Å². The number of carbonyl (C=O) groups is 4. The SMILES string of the molecule is CCCCNC(=O)C(CC(C)C)N(CCCC(=O)OC)C(=O)CCCC(=O)OC. The molecule has 0 radical (unpaired) electrons. The van der Waals surface area contributed by atoms with Crippen molar-refractivity contribution < 1.29 is 28.7 Å². The molecule has 168 valence electrons. The zero-order valence-electron chi connectivity index (χ0n) is 18.6. The summed E-state index contributed by atoms with van der Waals surface area (Å²) in [7, 11) is 2.63. The molecule has 1 N–H and O–H groups in total. The van der Waals surface area contributed by atoms with Crippen molar-refractivity contribution in [3.05, 3.63) is 0 Å². The number of hydrogen-bond donors (Lipinski definition) is 1. The summed E-state index contributed by atoms with van der Waals surface area (Å²) in [6, 6.07) is -0.602. The lowest BCUT2D eigenvalue weighted by molar-refractivity contribution is -0.144. The molecule has 29 heavy (non-hydrogen) atoms. The molecule has 1 atom stereocenters. The van der Waals surface area contributed by atoms with Crippen LogP contribution < -0.4 is 5.32 Å². The quantitative estimate of drug-likeness (QED) is 0.326. The first-order chi connectivity index (χ1) is 13.8. The number of carbonyl (C=O) groups excluding carboxylic acids is 4. The maximum atomic E-state index is 12.9. The highest BCUT2D eigenvalue weighted by atomic mass is 16.5. The molecule has 0 aromatic carbocycles. The van der Waals surface area contributed by atoms with Gasteiger partial charge in [-0.05, 0) is 31.6 Å². The number of unbranched alkanes of at least 4 members (excludes halogenated alkanes) is 1. The lowest BCUT2D eigenvalue weighted by Gasteiger charge is -2.32. The van der Waals surface area contributed by atoms with Crippen molar-refractivity contribution in [3.8, 4) is 0 Å². The molecule has 0 spiro atoms. The Labute approximate surface area is 174 Å². The van der Waals surface area contributed by atoms with Gasteiger partial charge in [0, 0.05) is 32.4 Å².